The standard InChI is InChI=1S/C28H31NO3/c1-4-28(32-3)14-13-25-23-11-9-20-15-21(30)10-12-22(20)26(23)24(16-27(25,28)2)19-7-5-18(6-8-19)17-29-31/h1,5-8,15,17,23-25,31H,9-14,16H2,2-3H3/b29-17-/t23?,24?,25?,27-,28-/m0/s1. The van der Waals surface area contributed by atoms with E-state index in [1.165, 1.54) is 22.9 Å². The van der Waals surface area contributed by atoms with E-state index >= 15 is 0 Å². The van der Waals surface area contributed by atoms with E-state index in [1.807, 2.05) is 18.2 Å². The molecular formula is C28H31NO3. The number of carbonyl (C=O) groups excluding carboxylic acids is 1. The highest BCUT2D eigenvalue weighted by Gasteiger charge is 2.63. The Morgan fingerprint density at radius 3 is 2.69 bits per heavy atom. The molecule has 1 N–H and O–H groups in total. The topological polar surface area (TPSA) is 58.9 Å². The average Bonchev–Trinajstić information content (AvgIpc) is 3.11. The van der Waals surface area contributed by atoms with Crippen LogP contribution in [0.15, 0.2) is 52.2 Å². The van der Waals surface area contributed by atoms with Gasteiger partial charge < -0.3 is 9.94 Å². The second-order valence-corrected chi connectivity index (χ2v) is 10.1. The van der Waals surface area contributed by atoms with Crippen molar-refractivity contribution in [1.29, 1.82) is 0 Å². The summed E-state index contributed by atoms with van der Waals surface area (Å²) in [5, 5.41) is 12.0. The Hall–Kier alpha value is -2.64. The van der Waals surface area contributed by atoms with Crippen molar-refractivity contribution in [3.05, 3.63) is 58.2 Å². The highest BCUT2D eigenvalue weighted by Crippen LogP contribution is 2.67. The first-order valence-electron chi connectivity index (χ1n) is 11.7. The molecule has 4 heteroatoms. The quantitative estimate of drug-likeness (QED) is 0.302. The second-order valence-electron chi connectivity index (χ2n) is 10.1. The normalized spacial score (nSPS) is 36.3. The van der Waals surface area contributed by atoms with E-state index in [2.05, 4.69) is 30.1 Å². The van der Waals surface area contributed by atoms with Gasteiger partial charge in [-0.1, -0.05) is 47.8 Å². The Balaban J connectivity index is 1.67. The van der Waals surface area contributed by atoms with Gasteiger partial charge >= 0.3 is 0 Å². The number of ketones is 1. The van der Waals surface area contributed by atoms with Gasteiger partial charge in [0, 0.05) is 24.9 Å². The fourth-order valence-electron chi connectivity index (χ4n) is 7.46. The van der Waals surface area contributed by atoms with Crippen LogP contribution in [0.5, 0.6) is 0 Å². The molecule has 0 heterocycles. The summed E-state index contributed by atoms with van der Waals surface area (Å²) < 4.78 is 6.10. The van der Waals surface area contributed by atoms with E-state index in [-0.39, 0.29) is 17.1 Å². The molecule has 4 aliphatic carbocycles. The van der Waals surface area contributed by atoms with Gasteiger partial charge in [0.1, 0.15) is 5.60 Å². The lowest BCUT2D eigenvalue weighted by Gasteiger charge is -2.54. The number of nitrogens with zero attached hydrogens (tertiary/aromatic N) is 1. The summed E-state index contributed by atoms with van der Waals surface area (Å²) >= 11 is 0. The zero-order valence-corrected chi connectivity index (χ0v) is 18.9. The van der Waals surface area contributed by atoms with Gasteiger partial charge in [0.25, 0.3) is 0 Å². The van der Waals surface area contributed by atoms with Gasteiger partial charge in [0.2, 0.25) is 0 Å². The van der Waals surface area contributed by atoms with Crippen molar-refractivity contribution in [1.82, 2.24) is 0 Å². The third kappa shape index (κ3) is 2.94. The molecule has 1 aromatic carbocycles. The van der Waals surface area contributed by atoms with Gasteiger partial charge in [-0.3, -0.25) is 4.79 Å². The Morgan fingerprint density at radius 2 is 2.00 bits per heavy atom. The van der Waals surface area contributed by atoms with E-state index in [1.54, 1.807) is 12.7 Å². The molecule has 0 aromatic heterocycles. The minimum Gasteiger partial charge on any atom is -0.411 e. The van der Waals surface area contributed by atoms with Crippen LogP contribution in [0.4, 0.5) is 0 Å². The first-order valence-corrected chi connectivity index (χ1v) is 11.7. The average molecular weight is 430 g/mol. The fraction of sp³-hybridized carbons (Fsp3) is 0.500. The van der Waals surface area contributed by atoms with Crippen LogP contribution in [0.25, 0.3) is 0 Å². The maximum absolute atomic E-state index is 12.2. The molecule has 3 unspecified atom stereocenters. The van der Waals surface area contributed by atoms with Crippen molar-refractivity contribution in [2.24, 2.45) is 22.4 Å². The minimum atomic E-state index is -0.533. The van der Waals surface area contributed by atoms with Gasteiger partial charge in [-0.15, -0.1) is 6.42 Å². The van der Waals surface area contributed by atoms with Crippen LogP contribution in [-0.4, -0.2) is 29.9 Å². The molecule has 4 aliphatic rings. The number of ether oxygens (including phenoxy) is 1. The van der Waals surface area contributed by atoms with E-state index in [0.717, 1.165) is 44.1 Å². The second kappa shape index (κ2) is 7.74. The molecule has 4 nitrogen and oxygen atoms in total. The number of fused-ring (bicyclic) bond motifs is 4. The van der Waals surface area contributed by atoms with Crippen molar-refractivity contribution in [3.63, 3.8) is 0 Å². The van der Waals surface area contributed by atoms with E-state index < -0.39 is 5.60 Å². The molecule has 0 aliphatic heterocycles. The lowest BCUT2D eigenvalue weighted by atomic mass is 9.51. The predicted octanol–water partition coefficient (Wildman–Crippen LogP) is 5.41. The largest absolute Gasteiger partial charge is 0.411 e. The summed E-state index contributed by atoms with van der Waals surface area (Å²) in [6, 6.07) is 8.32. The summed E-state index contributed by atoms with van der Waals surface area (Å²) in [7, 11) is 1.77. The Labute approximate surface area is 190 Å². The number of oxime groups is 1. The van der Waals surface area contributed by atoms with E-state index in [9.17, 15) is 4.79 Å². The molecule has 0 amide bonds. The molecule has 5 rings (SSSR count). The summed E-state index contributed by atoms with van der Waals surface area (Å²) in [6.45, 7) is 2.35. The van der Waals surface area contributed by atoms with Crippen LogP contribution in [0.2, 0.25) is 0 Å². The molecule has 0 spiro atoms. The van der Waals surface area contributed by atoms with Crippen LogP contribution in [0.3, 0.4) is 0 Å². The molecule has 2 saturated carbocycles. The molecule has 32 heavy (non-hydrogen) atoms. The maximum Gasteiger partial charge on any atom is 0.156 e. The van der Waals surface area contributed by atoms with Crippen LogP contribution in [-0.2, 0) is 9.53 Å². The van der Waals surface area contributed by atoms with Crippen molar-refractivity contribution in [2.75, 3.05) is 7.11 Å². The fourth-order valence-corrected chi connectivity index (χ4v) is 7.46. The number of benzene rings is 1. The van der Waals surface area contributed by atoms with Crippen LogP contribution >= 0.6 is 0 Å². The number of allylic oxidation sites excluding steroid dienone is 4. The number of carbonyl (C=O) groups is 1. The molecule has 1 aromatic rings. The van der Waals surface area contributed by atoms with Crippen molar-refractivity contribution in [3.8, 4) is 12.3 Å². The predicted molar refractivity (Wildman–Crippen MR) is 125 cm³/mol. The van der Waals surface area contributed by atoms with Crippen LogP contribution in [0.1, 0.15) is 68.9 Å². The molecule has 0 bridgehead atoms. The van der Waals surface area contributed by atoms with Crippen molar-refractivity contribution >= 4 is 12.0 Å². The Morgan fingerprint density at radius 1 is 1.22 bits per heavy atom. The number of hydrogen-bond donors (Lipinski definition) is 1. The highest BCUT2D eigenvalue weighted by molar-refractivity contribution is 5.93. The molecule has 0 saturated heterocycles. The highest BCUT2D eigenvalue weighted by atomic mass is 16.5. The third-order valence-corrected chi connectivity index (χ3v) is 8.98. The van der Waals surface area contributed by atoms with Gasteiger partial charge in [0.15, 0.2) is 5.78 Å². The summed E-state index contributed by atoms with van der Waals surface area (Å²) in [6.07, 6.45) is 16.0. The lowest BCUT2D eigenvalue weighted by Crippen LogP contribution is -2.51. The van der Waals surface area contributed by atoms with Gasteiger partial charge in [-0.25, -0.2) is 0 Å². The third-order valence-electron chi connectivity index (χ3n) is 8.98. The minimum absolute atomic E-state index is 0.104. The number of hydrogen-bond acceptors (Lipinski definition) is 4. The van der Waals surface area contributed by atoms with Crippen molar-refractivity contribution in [2.45, 2.75) is 63.4 Å². The first kappa shape index (κ1) is 21.2. The van der Waals surface area contributed by atoms with Crippen LogP contribution in [0, 0.1) is 29.6 Å². The number of rotatable bonds is 3. The molecule has 5 atom stereocenters. The maximum atomic E-state index is 12.2. The Bertz CT molecular complexity index is 1070. The number of methoxy groups -OCH3 is 1. The summed E-state index contributed by atoms with van der Waals surface area (Å²) in [5.41, 5.74) is 5.74. The smallest absolute Gasteiger partial charge is 0.156 e. The first-order chi connectivity index (χ1) is 15.5. The number of terminal acetylenes is 1. The molecule has 2 fully saturated rings. The van der Waals surface area contributed by atoms with Gasteiger partial charge in [0.05, 0.1) is 6.21 Å². The van der Waals surface area contributed by atoms with Gasteiger partial charge in [-0.05, 0) is 78.7 Å². The van der Waals surface area contributed by atoms with E-state index in [4.69, 9.17) is 16.4 Å². The van der Waals surface area contributed by atoms with Crippen molar-refractivity contribution < 1.29 is 14.7 Å². The van der Waals surface area contributed by atoms with E-state index in [0.29, 0.717) is 18.3 Å². The molecular weight excluding hydrogens is 398 g/mol. The van der Waals surface area contributed by atoms with Crippen LogP contribution < -0.4 is 0 Å². The Kier molecular flexibility index (Phi) is 5.13. The zero-order chi connectivity index (χ0) is 22.5. The zero-order valence-electron chi connectivity index (χ0n) is 18.9. The molecule has 0 radical (unpaired) electrons. The SMILES string of the molecule is C#C[C@]1(OC)CCC2C3CCC4=CC(=O)CCC4=C3C(c3ccc(/C=N\O)cc3)C[C@@]21C. The summed E-state index contributed by atoms with van der Waals surface area (Å²) in [5.74, 6) is 4.56. The summed E-state index contributed by atoms with van der Waals surface area (Å²) in [4.78, 5) is 12.2. The molecule has 166 valence electrons. The lowest BCUT2D eigenvalue weighted by molar-refractivity contribution is -0.114. The monoisotopic (exact) mass is 429 g/mol. The van der Waals surface area contributed by atoms with Gasteiger partial charge in [-0.2, -0.15) is 0 Å².